The highest BCUT2D eigenvalue weighted by molar-refractivity contribution is 7.92. The van der Waals surface area contributed by atoms with Gasteiger partial charge in [-0.2, -0.15) is 0 Å². The maximum atomic E-state index is 15.6. The molecule has 1 aromatic heterocycles. The Morgan fingerprint density at radius 1 is 0.917 bits per heavy atom. The molecule has 0 saturated carbocycles. The zero-order valence-corrected chi connectivity index (χ0v) is 19.3. The van der Waals surface area contributed by atoms with Gasteiger partial charge in [0.25, 0.3) is 10.0 Å². The minimum absolute atomic E-state index is 0.0102. The summed E-state index contributed by atoms with van der Waals surface area (Å²) < 4.78 is 71.1. The summed E-state index contributed by atoms with van der Waals surface area (Å²) in [5, 5.41) is 0. The van der Waals surface area contributed by atoms with E-state index in [1.807, 2.05) is 10.8 Å². The van der Waals surface area contributed by atoms with Crippen LogP contribution >= 0.6 is 0 Å². The van der Waals surface area contributed by atoms with E-state index in [9.17, 15) is 17.2 Å². The van der Waals surface area contributed by atoms with Gasteiger partial charge < -0.3 is 5.73 Å². The van der Waals surface area contributed by atoms with E-state index < -0.39 is 38.1 Å². The van der Waals surface area contributed by atoms with Gasteiger partial charge in [-0.3, -0.25) is 9.71 Å². The lowest BCUT2D eigenvalue weighted by molar-refractivity contribution is 0.521. The Kier molecular flexibility index (Phi) is 7.11. The molecule has 0 saturated heterocycles. The molecule has 0 aliphatic heterocycles. The van der Waals surface area contributed by atoms with Gasteiger partial charge in [-0.05, 0) is 42.0 Å². The van der Waals surface area contributed by atoms with Crippen molar-refractivity contribution in [2.45, 2.75) is 4.90 Å². The van der Waals surface area contributed by atoms with Gasteiger partial charge in [-0.25, -0.2) is 31.6 Å². The van der Waals surface area contributed by atoms with Gasteiger partial charge >= 0.3 is 0 Å². The molecule has 0 fully saturated rings. The van der Waals surface area contributed by atoms with Crippen LogP contribution in [-0.4, -0.2) is 24.6 Å². The first-order valence-corrected chi connectivity index (χ1v) is 11.9. The van der Waals surface area contributed by atoms with Crippen LogP contribution < -0.4 is 10.5 Å². The number of aromatic nitrogens is 2. The number of sulfonamides is 1. The summed E-state index contributed by atoms with van der Waals surface area (Å²) in [5.41, 5.74) is 6.12. The minimum atomic E-state index is -4.79. The third kappa shape index (κ3) is 5.58. The van der Waals surface area contributed by atoms with E-state index in [0.29, 0.717) is 5.69 Å². The number of nitrogens with two attached hydrogens (primary N) is 1. The number of nitrogens with one attached hydrogen (secondary N) is 1. The number of halogens is 3. The van der Waals surface area contributed by atoms with Crippen LogP contribution in [0.25, 0.3) is 11.8 Å². The summed E-state index contributed by atoms with van der Waals surface area (Å²) >= 11 is 0. The summed E-state index contributed by atoms with van der Waals surface area (Å²) in [4.78, 5) is 11.0. The fourth-order valence-electron chi connectivity index (χ4n) is 3.22. The smallest absolute Gasteiger partial charge is 0.267 e. The second-order valence-corrected chi connectivity index (χ2v) is 8.98. The van der Waals surface area contributed by atoms with Crippen LogP contribution in [0.5, 0.6) is 0 Å². The molecule has 7 nitrogen and oxygen atoms in total. The van der Waals surface area contributed by atoms with Crippen molar-refractivity contribution in [2.75, 3.05) is 10.5 Å². The quantitative estimate of drug-likeness (QED) is 0.345. The fourth-order valence-corrected chi connectivity index (χ4v) is 4.42. The number of rotatable bonds is 7. The van der Waals surface area contributed by atoms with Crippen molar-refractivity contribution in [3.63, 3.8) is 0 Å². The van der Waals surface area contributed by atoms with E-state index in [1.165, 1.54) is 36.7 Å². The van der Waals surface area contributed by atoms with Crippen LogP contribution in [0.15, 0.2) is 88.9 Å². The van der Waals surface area contributed by atoms with Crippen molar-refractivity contribution >= 4 is 39.6 Å². The zero-order valence-electron chi connectivity index (χ0n) is 18.4. The monoisotopic (exact) mass is 509 g/mol. The van der Waals surface area contributed by atoms with Gasteiger partial charge in [0.2, 0.25) is 5.95 Å². The van der Waals surface area contributed by atoms with E-state index in [1.54, 1.807) is 24.3 Å². The summed E-state index contributed by atoms with van der Waals surface area (Å²) in [6.07, 6.45) is 4.34. The van der Waals surface area contributed by atoms with Gasteiger partial charge in [-0.15, -0.1) is 0 Å². The van der Waals surface area contributed by atoms with E-state index in [0.717, 1.165) is 29.8 Å². The molecular formula is C25H18F3N5O2S. The number of nitrogen functional groups attached to an aromatic ring is 1. The molecule has 1 heterocycles. The molecule has 3 N–H and O–H groups in total. The van der Waals surface area contributed by atoms with Crippen molar-refractivity contribution in [3.05, 3.63) is 113 Å². The van der Waals surface area contributed by atoms with Gasteiger partial charge in [0, 0.05) is 18.0 Å². The lowest BCUT2D eigenvalue weighted by Crippen LogP contribution is -2.17. The van der Waals surface area contributed by atoms with Crippen LogP contribution in [0.1, 0.15) is 16.8 Å². The average molecular weight is 510 g/mol. The SMILES string of the molecule is Nc1nccc(/C=C(/N=Cc2ccccc2)c2cccc(NS(=O)(=O)c3c(F)cccc3F)c2F)n1. The molecule has 0 amide bonds. The maximum absolute atomic E-state index is 15.6. The predicted molar refractivity (Wildman–Crippen MR) is 132 cm³/mol. The number of nitrogens with zero attached hydrogens (tertiary/aromatic N) is 3. The van der Waals surface area contributed by atoms with E-state index in [-0.39, 0.29) is 17.2 Å². The molecule has 0 atom stereocenters. The Hall–Kier alpha value is -4.51. The molecule has 0 spiro atoms. The average Bonchev–Trinajstić information content (AvgIpc) is 2.83. The van der Waals surface area contributed by atoms with Crippen LogP contribution in [0, 0.1) is 17.5 Å². The molecule has 4 rings (SSSR count). The molecular weight excluding hydrogens is 491 g/mol. The standard InChI is InChI=1S/C25H18F3N5O2S/c26-19-9-5-10-20(27)24(19)36(34,35)33-21-11-4-8-18(23(21)28)22(14-17-12-13-30-25(29)32-17)31-15-16-6-2-1-3-7-16/h1-15,33H,(H2,29,30,32)/b22-14+,31-15?. The van der Waals surface area contributed by atoms with Gasteiger partial charge in [0.1, 0.15) is 11.6 Å². The third-order valence-corrected chi connectivity index (χ3v) is 6.26. The molecule has 4 aromatic rings. The molecule has 0 bridgehead atoms. The first-order chi connectivity index (χ1) is 17.2. The van der Waals surface area contributed by atoms with Gasteiger partial charge in [0.05, 0.1) is 17.1 Å². The number of hydrogen-bond acceptors (Lipinski definition) is 6. The molecule has 0 aliphatic carbocycles. The highest BCUT2D eigenvalue weighted by atomic mass is 32.2. The van der Waals surface area contributed by atoms with Crippen LogP contribution in [-0.2, 0) is 10.0 Å². The van der Waals surface area contributed by atoms with Crippen molar-refractivity contribution in [3.8, 4) is 0 Å². The number of anilines is 2. The lowest BCUT2D eigenvalue weighted by Gasteiger charge is -2.13. The first kappa shape index (κ1) is 24.6. The molecule has 11 heteroatoms. The van der Waals surface area contributed by atoms with Crippen molar-refractivity contribution in [1.82, 2.24) is 9.97 Å². The van der Waals surface area contributed by atoms with E-state index in [4.69, 9.17) is 5.73 Å². The molecule has 182 valence electrons. The topological polar surface area (TPSA) is 110 Å². The van der Waals surface area contributed by atoms with Crippen molar-refractivity contribution in [1.29, 1.82) is 0 Å². The molecule has 3 aromatic carbocycles. The largest absolute Gasteiger partial charge is 0.368 e. The Morgan fingerprint density at radius 2 is 1.61 bits per heavy atom. The Morgan fingerprint density at radius 3 is 2.31 bits per heavy atom. The summed E-state index contributed by atoms with van der Waals surface area (Å²) in [7, 11) is -4.79. The van der Waals surface area contributed by atoms with Crippen LogP contribution in [0.2, 0.25) is 0 Å². The summed E-state index contributed by atoms with van der Waals surface area (Å²) in [6, 6.07) is 17.0. The second kappa shape index (κ2) is 10.4. The third-order valence-electron chi connectivity index (χ3n) is 4.84. The van der Waals surface area contributed by atoms with Gasteiger partial charge in [-0.1, -0.05) is 42.5 Å². The number of aliphatic imine (C=N–C) groups is 1. The Labute approximate surface area is 204 Å². The minimum Gasteiger partial charge on any atom is -0.368 e. The lowest BCUT2D eigenvalue weighted by atomic mass is 10.1. The Bertz CT molecular complexity index is 1560. The molecule has 0 aliphatic rings. The second-order valence-electron chi connectivity index (χ2n) is 7.36. The van der Waals surface area contributed by atoms with Crippen molar-refractivity contribution < 1.29 is 21.6 Å². The Balaban J connectivity index is 1.79. The van der Waals surface area contributed by atoms with Crippen LogP contribution in [0.3, 0.4) is 0 Å². The van der Waals surface area contributed by atoms with Crippen molar-refractivity contribution in [2.24, 2.45) is 4.99 Å². The summed E-state index contributed by atoms with van der Waals surface area (Å²) in [5.74, 6) is -3.65. The van der Waals surface area contributed by atoms with Gasteiger partial charge in [0.15, 0.2) is 10.7 Å². The zero-order chi connectivity index (χ0) is 25.7. The predicted octanol–water partition coefficient (Wildman–Crippen LogP) is 4.89. The highest BCUT2D eigenvalue weighted by Crippen LogP contribution is 2.29. The van der Waals surface area contributed by atoms with Crippen LogP contribution in [0.4, 0.5) is 24.8 Å². The molecule has 0 radical (unpaired) electrons. The highest BCUT2D eigenvalue weighted by Gasteiger charge is 2.25. The maximum Gasteiger partial charge on any atom is 0.267 e. The van der Waals surface area contributed by atoms with E-state index >= 15 is 4.39 Å². The number of hydrogen-bond donors (Lipinski definition) is 2. The molecule has 36 heavy (non-hydrogen) atoms. The number of benzene rings is 3. The first-order valence-electron chi connectivity index (χ1n) is 10.4. The normalized spacial score (nSPS) is 12.1. The van der Waals surface area contributed by atoms with E-state index in [2.05, 4.69) is 15.0 Å². The fraction of sp³-hybridized carbons (Fsp3) is 0. The molecule has 0 unspecified atom stereocenters. The summed E-state index contributed by atoms with van der Waals surface area (Å²) in [6.45, 7) is 0.